The van der Waals surface area contributed by atoms with E-state index in [9.17, 15) is 10.2 Å². The van der Waals surface area contributed by atoms with Crippen molar-refractivity contribution < 1.29 is 10.2 Å². The van der Waals surface area contributed by atoms with Crippen LogP contribution >= 0.6 is 0 Å². The van der Waals surface area contributed by atoms with Crippen LogP contribution in [0.4, 0.5) is 0 Å². The minimum atomic E-state index is -0.375. The van der Waals surface area contributed by atoms with Gasteiger partial charge in [0.1, 0.15) is 11.6 Å². The summed E-state index contributed by atoms with van der Waals surface area (Å²) in [7, 11) is 0. The molecule has 3 rings (SSSR count). The molecule has 1 aromatic carbocycles. The summed E-state index contributed by atoms with van der Waals surface area (Å²) in [6, 6.07) is 7.17. The van der Waals surface area contributed by atoms with Crippen LogP contribution < -0.4 is 0 Å². The lowest BCUT2D eigenvalue weighted by Crippen LogP contribution is -2.16. The van der Waals surface area contributed by atoms with E-state index in [1.165, 1.54) is 0 Å². The summed E-state index contributed by atoms with van der Waals surface area (Å²) in [5.74, 6) is 1.26. The topological polar surface area (TPSA) is 58.3 Å². The number of hydrogen-bond acceptors (Lipinski definition) is 3. The van der Waals surface area contributed by atoms with Crippen molar-refractivity contribution in [3.8, 4) is 5.75 Å². The largest absolute Gasteiger partial charge is 0.508 e. The fourth-order valence-corrected chi connectivity index (χ4v) is 2.48. The van der Waals surface area contributed by atoms with E-state index in [2.05, 4.69) is 9.55 Å². The number of nitrogens with zero attached hydrogens (tertiary/aromatic N) is 2. The number of aliphatic hydroxyl groups is 1. The Kier molecular flexibility index (Phi) is 2.80. The molecule has 0 saturated heterocycles. The first-order chi connectivity index (χ1) is 8.74. The molecule has 0 bridgehead atoms. The zero-order chi connectivity index (χ0) is 12.5. The van der Waals surface area contributed by atoms with Gasteiger partial charge in [-0.15, -0.1) is 0 Å². The van der Waals surface area contributed by atoms with Gasteiger partial charge in [0.05, 0.1) is 18.0 Å². The normalized spacial score (nSPS) is 18.6. The molecule has 0 aliphatic carbocycles. The van der Waals surface area contributed by atoms with Gasteiger partial charge in [0.15, 0.2) is 0 Å². The maximum atomic E-state index is 9.88. The van der Waals surface area contributed by atoms with Crippen LogP contribution in [0.1, 0.15) is 36.0 Å². The van der Waals surface area contributed by atoms with Gasteiger partial charge in [-0.05, 0) is 30.5 Å². The maximum absolute atomic E-state index is 9.88. The average molecular weight is 244 g/mol. The van der Waals surface area contributed by atoms with Gasteiger partial charge in [0.25, 0.3) is 0 Å². The van der Waals surface area contributed by atoms with Gasteiger partial charge < -0.3 is 14.8 Å². The standard InChI is InChI=1S/C14H16N2O2/c17-11-5-3-10(4-6-11)8-14-15-9-12-13(18)2-1-7-16(12)14/h3-6,9,13,17-18H,1-2,7-8H2. The number of benzene rings is 1. The van der Waals surface area contributed by atoms with Crippen LogP contribution in [0.5, 0.6) is 5.75 Å². The molecule has 0 amide bonds. The van der Waals surface area contributed by atoms with Crippen molar-refractivity contribution in [2.24, 2.45) is 0 Å². The molecule has 1 aliphatic rings. The first-order valence-electron chi connectivity index (χ1n) is 6.24. The summed E-state index contributed by atoms with van der Waals surface area (Å²) in [6.07, 6.45) is 3.95. The molecule has 1 aliphatic heterocycles. The van der Waals surface area contributed by atoms with Crippen molar-refractivity contribution in [2.45, 2.75) is 31.9 Å². The average Bonchev–Trinajstić information content (AvgIpc) is 2.77. The summed E-state index contributed by atoms with van der Waals surface area (Å²) >= 11 is 0. The molecule has 2 N–H and O–H groups in total. The summed E-state index contributed by atoms with van der Waals surface area (Å²) in [5.41, 5.74) is 2.04. The van der Waals surface area contributed by atoms with Crippen LogP contribution in [0.25, 0.3) is 0 Å². The second-order valence-electron chi connectivity index (χ2n) is 4.75. The second kappa shape index (κ2) is 4.46. The van der Waals surface area contributed by atoms with Gasteiger partial charge in [-0.3, -0.25) is 0 Å². The molecular formula is C14H16N2O2. The lowest BCUT2D eigenvalue weighted by molar-refractivity contribution is 0.138. The van der Waals surface area contributed by atoms with Gasteiger partial charge in [-0.1, -0.05) is 12.1 Å². The van der Waals surface area contributed by atoms with Gasteiger partial charge in [0.2, 0.25) is 0 Å². The van der Waals surface area contributed by atoms with Gasteiger partial charge in [-0.25, -0.2) is 4.98 Å². The van der Waals surface area contributed by atoms with Crippen LogP contribution in [0.3, 0.4) is 0 Å². The van der Waals surface area contributed by atoms with Crippen molar-refractivity contribution in [1.82, 2.24) is 9.55 Å². The monoisotopic (exact) mass is 244 g/mol. The number of hydrogen-bond donors (Lipinski definition) is 2. The van der Waals surface area contributed by atoms with Crippen molar-refractivity contribution in [3.63, 3.8) is 0 Å². The lowest BCUT2D eigenvalue weighted by Gasteiger charge is -2.21. The number of aliphatic hydroxyl groups excluding tert-OH is 1. The molecule has 2 aromatic rings. The molecule has 1 atom stereocenters. The zero-order valence-electron chi connectivity index (χ0n) is 10.1. The first kappa shape index (κ1) is 11.3. The third-order valence-corrected chi connectivity index (χ3v) is 3.47. The number of aromatic nitrogens is 2. The van der Waals surface area contributed by atoms with Crippen LogP contribution in [0.15, 0.2) is 30.5 Å². The van der Waals surface area contributed by atoms with E-state index in [0.29, 0.717) is 0 Å². The molecule has 0 spiro atoms. The fraction of sp³-hybridized carbons (Fsp3) is 0.357. The quantitative estimate of drug-likeness (QED) is 0.849. The Balaban J connectivity index is 1.87. The number of imidazole rings is 1. The Labute approximate surface area is 106 Å². The highest BCUT2D eigenvalue weighted by Crippen LogP contribution is 2.26. The molecule has 4 nitrogen and oxygen atoms in total. The fourth-order valence-electron chi connectivity index (χ4n) is 2.48. The zero-order valence-corrected chi connectivity index (χ0v) is 10.1. The van der Waals surface area contributed by atoms with Crippen LogP contribution in [-0.4, -0.2) is 19.8 Å². The Morgan fingerprint density at radius 1 is 1.28 bits per heavy atom. The van der Waals surface area contributed by atoms with Crippen LogP contribution in [0.2, 0.25) is 0 Å². The Bertz CT molecular complexity index is 545. The molecule has 1 unspecified atom stereocenters. The van der Waals surface area contributed by atoms with Crippen LogP contribution in [-0.2, 0) is 13.0 Å². The van der Waals surface area contributed by atoms with E-state index in [4.69, 9.17) is 0 Å². The number of aromatic hydroxyl groups is 1. The lowest BCUT2D eigenvalue weighted by atomic mass is 10.1. The SMILES string of the molecule is Oc1ccc(Cc2ncc3n2CCCC3O)cc1. The minimum Gasteiger partial charge on any atom is -0.508 e. The highest BCUT2D eigenvalue weighted by atomic mass is 16.3. The number of fused-ring (bicyclic) bond motifs is 1. The molecule has 1 aromatic heterocycles. The van der Waals surface area contributed by atoms with E-state index in [1.807, 2.05) is 12.1 Å². The van der Waals surface area contributed by atoms with E-state index < -0.39 is 0 Å². The molecule has 0 radical (unpaired) electrons. The smallest absolute Gasteiger partial charge is 0.115 e. The first-order valence-corrected chi connectivity index (χ1v) is 6.24. The Morgan fingerprint density at radius 3 is 2.83 bits per heavy atom. The van der Waals surface area contributed by atoms with Gasteiger partial charge >= 0.3 is 0 Å². The highest BCUT2D eigenvalue weighted by molar-refractivity contribution is 5.28. The predicted octanol–water partition coefficient (Wildman–Crippen LogP) is 2.01. The second-order valence-corrected chi connectivity index (χ2v) is 4.75. The molecule has 0 saturated carbocycles. The number of phenols is 1. The van der Waals surface area contributed by atoms with E-state index in [0.717, 1.165) is 42.9 Å². The molecule has 0 fully saturated rings. The van der Waals surface area contributed by atoms with Crippen molar-refractivity contribution in [2.75, 3.05) is 0 Å². The molecule has 2 heterocycles. The van der Waals surface area contributed by atoms with E-state index in [1.54, 1.807) is 18.3 Å². The Hall–Kier alpha value is -1.81. The third-order valence-electron chi connectivity index (χ3n) is 3.47. The molecule has 94 valence electrons. The Morgan fingerprint density at radius 2 is 2.06 bits per heavy atom. The molecule has 4 heteroatoms. The van der Waals surface area contributed by atoms with Crippen molar-refractivity contribution in [1.29, 1.82) is 0 Å². The van der Waals surface area contributed by atoms with E-state index in [-0.39, 0.29) is 11.9 Å². The third kappa shape index (κ3) is 1.99. The van der Waals surface area contributed by atoms with Crippen molar-refractivity contribution in [3.05, 3.63) is 47.5 Å². The summed E-state index contributed by atoms with van der Waals surface area (Å²) in [6.45, 7) is 0.930. The maximum Gasteiger partial charge on any atom is 0.115 e. The predicted molar refractivity (Wildman–Crippen MR) is 67.3 cm³/mol. The summed E-state index contributed by atoms with van der Waals surface area (Å²) < 4.78 is 2.11. The number of phenolic OH excluding ortho intramolecular Hbond substituents is 1. The van der Waals surface area contributed by atoms with E-state index >= 15 is 0 Å². The van der Waals surface area contributed by atoms with Crippen molar-refractivity contribution >= 4 is 0 Å². The number of rotatable bonds is 2. The summed E-state index contributed by atoms with van der Waals surface area (Å²) in [5, 5.41) is 19.1. The van der Waals surface area contributed by atoms with Gasteiger partial charge in [0, 0.05) is 13.0 Å². The van der Waals surface area contributed by atoms with Gasteiger partial charge in [-0.2, -0.15) is 0 Å². The highest BCUT2D eigenvalue weighted by Gasteiger charge is 2.21. The summed E-state index contributed by atoms with van der Waals surface area (Å²) in [4.78, 5) is 4.41. The molecule has 18 heavy (non-hydrogen) atoms. The minimum absolute atomic E-state index is 0.277. The van der Waals surface area contributed by atoms with Crippen LogP contribution in [0, 0.1) is 0 Å². The molecular weight excluding hydrogens is 228 g/mol.